The minimum Gasteiger partial charge on any atom is -0.480 e. The number of nitrogens with zero attached hydrogens (tertiary/aromatic N) is 1. The topological polar surface area (TPSA) is 86.7 Å². The molecule has 2 fully saturated rings. The summed E-state index contributed by atoms with van der Waals surface area (Å²) in [6, 6.07) is 6.60. The van der Waals surface area contributed by atoms with Crippen molar-refractivity contribution in [2.45, 2.75) is 57.0 Å². The van der Waals surface area contributed by atoms with Crippen molar-refractivity contribution in [3.63, 3.8) is 0 Å². The molecule has 2 N–H and O–H groups in total. The monoisotopic (exact) mass is 358 g/mol. The summed E-state index contributed by atoms with van der Waals surface area (Å²) in [5.74, 6) is -0.814. The molecule has 6 nitrogen and oxygen atoms in total. The van der Waals surface area contributed by atoms with Crippen molar-refractivity contribution in [3.05, 3.63) is 35.4 Å². The van der Waals surface area contributed by atoms with Crippen molar-refractivity contribution in [2.75, 3.05) is 7.05 Å². The maximum Gasteiger partial charge on any atom is 0.326 e. The van der Waals surface area contributed by atoms with Crippen LogP contribution in [0.5, 0.6) is 0 Å². The SMILES string of the molecule is CNC(=O)c1cccc(CCC(=O)N2C(C(=O)O)CC3CCCCC32)c1. The van der Waals surface area contributed by atoms with E-state index in [2.05, 4.69) is 5.32 Å². The van der Waals surface area contributed by atoms with E-state index >= 15 is 0 Å². The molecule has 1 saturated carbocycles. The van der Waals surface area contributed by atoms with Crippen LogP contribution in [-0.2, 0) is 16.0 Å². The average molecular weight is 358 g/mol. The van der Waals surface area contributed by atoms with Crippen molar-refractivity contribution in [1.29, 1.82) is 0 Å². The van der Waals surface area contributed by atoms with Gasteiger partial charge in [-0.25, -0.2) is 4.79 Å². The molecule has 1 aromatic carbocycles. The number of aliphatic carboxylic acids is 1. The third-order valence-corrected chi connectivity index (χ3v) is 5.70. The van der Waals surface area contributed by atoms with E-state index in [0.717, 1.165) is 31.2 Å². The highest BCUT2D eigenvalue weighted by atomic mass is 16.4. The first-order valence-corrected chi connectivity index (χ1v) is 9.36. The molecule has 1 saturated heterocycles. The van der Waals surface area contributed by atoms with Crippen LogP contribution in [0.4, 0.5) is 0 Å². The van der Waals surface area contributed by atoms with Gasteiger partial charge >= 0.3 is 5.97 Å². The fourth-order valence-corrected chi connectivity index (χ4v) is 4.43. The molecular formula is C20H26N2O4. The second kappa shape index (κ2) is 7.89. The van der Waals surface area contributed by atoms with Gasteiger partial charge in [-0.2, -0.15) is 0 Å². The van der Waals surface area contributed by atoms with Crippen LogP contribution in [0.3, 0.4) is 0 Å². The van der Waals surface area contributed by atoms with Crippen LogP contribution in [0, 0.1) is 5.92 Å². The Labute approximate surface area is 153 Å². The minimum absolute atomic E-state index is 0.0783. The minimum atomic E-state index is -0.894. The van der Waals surface area contributed by atoms with Gasteiger partial charge in [-0.3, -0.25) is 9.59 Å². The quantitative estimate of drug-likeness (QED) is 0.845. The van der Waals surface area contributed by atoms with Gasteiger partial charge in [-0.1, -0.05) is 25.0 Å². The highest BCUT2D eigenvalue weighted by molar-refractivity contribution is 5.94. The molecule has 3 unspecified atom stereocenters. The molecule has 1 aliphatic carbocycles. The van der Waals surface area contributed by atoms with E-state index in [4.69, 9.17) is 0 Å². The van der Waals surface area contributed by atoms with E-state index < -0.39 is 12.0 Å². The fourth-order valence-electron chi connectivity index (χ4n) is 4.43. The van der Waals surface area contributed by atoms with Crippen LogP contribution in [0.15, 0.2) is 24.3 Å². The number of carboxylic acid groups (broad SMARTS) is 1. The molecule has 1 aliphatic heterocycles. The van der Waals surface area contributed by atoms with Gasteiger partial charge in [0.2, 0.25) is 5.91 Å². The second-order valence-electron chi connectivity index (χ2n) is 7.28. The Morgan fingerprint density at radius 3 is 2.73 bits per heavy atom. The smallest absolute Gasteiger partial charge is 0.326 e. The first kappa shape index (κ1) is 18.4. The number of fused-ring (bicyclic) bond motifs is 1. The summed E-state index contributed by atoms with van der Waals surface area (Å²) in [4.78, 5) is 37.9. The van der Waals surface area contributed by atoms with Gasteiger partial charge in [0.1, 0.15) is 6.04 Å². The van der Waals surface area contributed by atoms with E-state index in [1.54, 1.807) is 30.1 Å². The predicted molar refractivity (Wildman–Crippen MR) is 96.8 cm³/mol. The summed E-state index contributed by atoms with van der Waals surface area (Å²) >= 11 is 0. The summed E-state index contributed by atoms with van der Waals surface area (Å²) in [6.07, 6.45) is 5.47. The second-order valence-corrected chi connectivity index (χ2v) is 7.28. The molecule has 6 heteroatoms. The maximum absolute atomic E-state index is 12.8. The van der Waals surface area contributed by atoms with E-state index in [0.29, 0.717) is 24.3 Å². The maximum atomic E-state index is 12.8. The van der Waals surface area contributed by atoms with Gasteiger partial charge in [0.05, 0.1) is 0 Å². The van der Waals surface area contributed by atoms with E-state index in [-0.39, 0.29) is 24.3 Å². The molecule has 3 rings (SSSR count). The number of amides is 2. The zero-order valence-corrected chi connectivity index (χ0v) is 15.1. The van der Waals surface area contributed by atoms with Crippen molar-refractivity contribution in [2.24, 2.45) is 5.92 Å². The van der Waals surface area contributed by atoms with Crippen LogP contribution < -0.4 is 5.32 Å². The lowest BCUT2D eigenvalue weighted by molar-refractivity contribution is -0.149. The number of aryl methyl sites for hydroxylation is 1. The van der Waals surface area contributed by atoms with Crippen molar-refractivity contribution >= 4 is 17.8 Å². The van der Waals surface area contributed by atoms with Crippen molar-refractivity contribution in [3.8, 4) is 0 Å². The molecule has 2 amide bonds. The Hall–Kier alpha value is -2.37. The fraction of sp³-hybridized carbons (Fsp3) is 0.550. The van der Waals surface area contributed by atoms with Crippen LogP contribution >= 0.6 is 0 Å². The van der Waals surface area contributed by atoms with Gasteiger partial charge in [-0.05, 0) is 49.3 Å². The van der Waals surface area contributed by atoms with Crippen LogP contribution in [0.25, 0.3) is 0 Å². The number of likely N-dealkylation sites (tertiary alicyclic amines) is 1. The van der Waals surface area contributed by atoms with E-state index in [1.807, 2.05) is 6.07 Å². The molecular weight excluding hydrogens is 332 g/mol. The van der Waals surface area contributed by atoms with Gasteiger partial charge in [0.25, 0.3) is 5.91 Å². The molecule has 0 bridgehead atoms. The molecule has 1 aromatic rings. The lowest BCUT2D eigenvalue weighted by Crippen LogP contribution is -2.46. The summed E-state index contributed by atoms with van der Waals surface area (Å²) in [5.41, 5.74) is 1.47. The first-order chi connectivity index (χ1) is 12.5. The first-order valence-electron chi connectivity index (χ1n) is 9.36. The zero-order valence-electron chi connectivity index (χ0n) is 15.1. The number of rotatable bonds is 5. The van der Waals surface area contributed by atoms with Crippen molar-refractivity contribution < 1.29 is 19.5 Å². The highest BCUT2D eigenvalue weighted by Crippen LogP contribution is 2.40. The number of hydrogen-bond acceptors (Lipinski definition) is 3. The Morgan fingerprint density at radius 1 is 1.23 bits per heavy atom. The van der Waals surface area contributed by atoms with Gasteiger partial charge < -0.3 is 15.3 Å². The molecule has 0 radical (unpaired) electrons. The average Bonchev–Trinajstić information content (AvgIpc) is 3.05. The Bertz CT molecular complexity index is 703. The predicted octanol–water partition coefficient (Wildman–Crippen LogP) is 2.22. The van der Waals surface area contributed by atoms with Crippen LogP contribution in [0.1, 0.15) is 54.4 Å². The molecule has 3 atom stereocenters. The lowest BCUT2D eigenvalue weighted by Gasteiger charge is -2.33. The highest BCUT2D eigenvalue weighted by Gasteiger charge is 2.47. The van der Waals surface area contributed by atoms with E-state index in [1.165, 1.54) is 0 Å². The molecule has 0 aromatic heterocycles. The summed E-state index contributed by atoms with van der Waals surface area (Å²) in [7, 11) is 1.58. The number of benzene rings is 1. The van der Waals surface area contributed by atoms with E-state index in [9.17, 15) is 19.5 Å². The van der Waals surface area contributed by atoms with Gasteiger partial charge in [0, 0.05) is 25.1 Å². The summed E-state index contributed by atoms with van der Waals surface area (Å²) in [6.45, 7) is 0. The number of carbonyl (C=O) groups is 3. The standard InChI is InChI=1S/C20H26N2O4/c1-21-19(24)15-7-4-5-13(11-15)9-10-18(23)22-16-8-3-2-6-14(16)12-17(22)20(25)26/h4-5,7,11,14,16-17H,2-3,6,8-10,12H2,1H3,(H,21,24)(H,25,26). The van der Waals surface area contributed by atoms with Gasteiger partial charge in [-0.15, -0.1) is 0 Å². The zero-order chi connectivity index (χ0) is 18.7. The number of carboxylic acids is 1. The lowest BCUT2D eigenvalue weighted by atomic mass is 9.84. The summed E-state index contributed by atoms with van der Waals surface area (Å²) < 4.78 is 0. The number of carbonyl (C=O) groups excluding carboxylic acids is 2. The molecule has 26 heavy (non-hydrogen) atoms. The normalized spacial score (nSPS) is 24.8. The van der Waals surface area contributed by atoms with Crippen LogP contribution in [0.2, 0.25) is 0 Å². The third-order valence-electron chi connectivity index (χ3n) is 5.70. The molecule has 140 valence electrons. The Morgan fingerprint density at radius 2 is 2.00 bits per heavy atom. The van der Waals surface area contributed by atoms with Crippen LogP contribution in [-0.4, -0.2) is 46.9 Å². The van der Waals surface area contributed by atoms with Gasteiger partial charge in [0.15, 0.2) is 0 Å². The number of hydrogen-bond donors (Lipinski definition) is 2. The number of nitrogens with one attached hydrogen (secondary N) is 1. The Balaban J connectivity index is 1.68. The largest absolute Gasteiger partial charge is 0.480 e. The Kier molecular flexibility index (Phi) is 5.59. The molecule has 2 aliphatic rings. The molecule has 1 heterocycles. The van der Waals surface area contributed by atoms with Crippen molar-refractivity contribution in [1.82, 2.24) is 10.2 Å². The summed E-state index contributed by atoms with van der Waals surface area (Å²) in [5, 5.41) is 12.1. The third kappa shape index (κ3) is 3.74. The molecule has 0 spiro atoms.